The van der Waals surface area contributed by atoms with Gasteiger partial charge in [-0.1, -0.05) is 66.7 Å². The lowest BCUT2D eigenvalue weighted by Gasteiger charge is -2.50. The number of hydroxylamine groups is 2. The number of benzene rings is 2. The Morgan fingerprint density at radius 1 is 0.943 bits per heavy atom. The van der Waals surface area contributed by atoms with Gasteiger partial charge in [-0.15, -0.1) is 0 Å². The van der Waals surface area contributed by atoms with Gasteiger partial charge in [0.1, 0.15) is 65.9 Å². The van der Waals surface area contributed by atoms with Crippen LogP contribution in [0.25, 0.3) is 6.08 Å². The van der Waals surface area contributed by atoms with E-state index >= 15 is 4.79 Å². The predicted octanol–water partition coefficient (Wildman–Crippen LogP) is 1.29. The van der Waals surface area contributed by atoms with E-state index in [0.717, 1.165) is 42.4 Å². The first kappa shape index (κ1) is 50.6. The molecule has 0 radical (unpaired) electrons. The Bertz CT molecular complexity index is 2240. The molecule has 4 saturated heterocycles. The maximum atomic E-state index is 15.9. The Kier molecular flexibility index (Phi) is 14.6. The van der Waals surface area contributed by atoms with Gasteiger partial charge >= 0.3 is 11.9 Å². The number of nitrogens with zero attached hydrogens (tertiary/aromatic N) is 2. The van der Waals surface area contributed by atoms with Crippen LogP contribution < -0.4 is 5.32 Å². The predicted molar refractivity (Wildman–Crippen MR) is 245 cm³/mol. The minimum atomic E-state index is -1.59. The SMILES string of the molecule is CN(C(=O)[C@@]12C[C@H]3OC(=O)[C@@H]1N(Cc1cccc(C=CCO[C@H]4O[C@H](CO)[C@H](O)[C@H](O)[C@H]4O)c1)O[C@@H]2[C@H]1OC(C2CC2)(C2CC2)O[C@H]13)[C@H](Cc1ccccc1)C(=O)N[C@H](CO)CCC(=O)OC(C)(C)C. The summed E-state index contributed by atoms with van der Waals surface area (Å²) in [5.41, 5.74) is -0.0915. The Hall–Kier alpha value is -4.38. The van der Waals surface area contributed by atoms with Gasteiger partial charge in [0.15, 0.2) is 18.1 Å². The molecule has 2 bridgehead atoms. The number of ether oxygens (including phenoxy) is 6. The highest BCUT2D eigenvalue weighted by Gasteiger charge is 2.78. The summed E-state index contributed by atoms with van der Waals surface area (Å²) in [4.78, 5) is 66.0. The molecule has 0 spiro atoms. The summed E-state index contributed by atoms with van der Waals surface area (Å²) in [6, 6.07) is 13.4. The molecule has 382 valence electrons. The lowest BCUT2D eigenvalue weighted by Crippen LogP contribution is -2.70. The summed E-state index contributed by atoms with van der Waals surface area (Å²) < 4.78 is 36.8. The summed E-state index contributed by atoms with van der Waals surface area (Å²) in [6.45, 7) is 4.21. The summed E-state index contributed by atoms with van der Waals surface area (Å²) in [6.07, 6.45) is -3.03. The maximum Gasteiger partial charge on any atom is 0.327 e. The van der Waals surface area contributed by atoms with Crippen molar-refractivity contribution in [2.45, 2.75) is 163 Å². The van der Waals surface area contributed by atoms with Gasteiger partial charge in [-0.25, -0.2) is 0 Å². The van der Waals surface area contributed by atoms with Crippen molar-refractivity contribution in [3.05, 3.63) is 77.4 Å². The normalized spacial score (nSPS) is 33.3. The van der Waals surface area contributed by atoms with Crippen molar-refractivity contribution in [3.8, 4) is 0 Å². The van der Waals surface area contributed by atoms with E-state index < -0.39 is 127 Å². The van der Waals surface area contributed by atoms with Gasteiger partial charge in [-0.3, -0.25) is 24.0 Å². The molecule has 7 aliphatic rings. The number of fused-ring (bicyclic) bond motifs is 4. The first-order valence-electron chi connectivity index (χ1n) is 24.6. The highest BCUT2D eigenvalue weighted by molar-refractivity contribution is 5.96. The molecule has 3 aliphatic carbocycles. The molecule has 9 rings (SSSR count). The molecule has 70 heavy (non-hydrogen) atoms. The minimum Gasteiger partial charge on any atom is -0.460 e. The summed E-state index contributed by atoms with van der Waals surface area (Å²) in [5.74, 6) is -2.76. The van der Waals surface area contributed by atoms with Crippen molar-refractivity contribution in [1.29, 1.82) is 0 Å². The number of carbonyl (C=O) groups is 4. The van der Waals surface area contributed by atoms with Crippen LogP contribution in [0.2, 0.25) is 0 Å². The molecule has 7 fully saturated rings. The van der Waals surface area contributed by atoms with Crippen molar-refractivity contribution in [2.24, 2.45) is 17.3 Å². The van der Waals surface area contributed by atoms with Gasteiger partial charge in [-0.2, -0.15) is 5.06 Å². The third-order valence-corrected chi connectivity index (χ3v) is 14.7. The van der Waals surface area contributed by atoms with Gasteiger partial charge in [0.25, 0.3) is 0 Å². The molecule has 4 aliphatic heterocycles. The highest BCUT2D eigenvalue weighted by atomic mass is 16.8. The Balaban J connectivity index is 0.986. The first-order chi connectivity index (χ1) is 33.5. The third-order valence-electron chi connectivity index (χ3n) is 14.7. The van der Waals surface area contributed by atoms with Crippen LogP contribution in [0.15, 0.2) is 60.7 Å². The van der Waals surface area contributed by atoms with Crippen LogP contribution in [0.4, 0.5) is 0 Å². The van der Waals surface area contributed by atoms with Gasteiger partial charge < -0.3 is 64.2 Å². The van der Waals surface area contributed by atoms with E-state index in [1.807, 2.05) is 54.6 Å². The molecule has 2 amide bonds. The van der Waals surface area contributed by atoms with E-state index in [4.69, 9.17) is 33.3 Å². The minimum absolute atomic E-state index is 0.0428. The molecule has 6 N–H and O–H groups in total. The number of amides is 2. The molecule has 19 heteroatoms. The van der Waals surface area contributed by atoms with Gasteiger partial charge in [0.2, 0.25) is 11.8 Å². The standard InChI is InChI=1S/C51H67N3O16/c1-49(2,3)67-37(57)20-19-33(26-55)52-45(61)34(23-29-10-6-5-7-11-29)53(4)48(63)50-24-35-41-42(69-51(68-41,31-15-16-31)32-17-18-32)44(50)70-54(43(50)46(62)65-35)25-30-13-8-12-28(22-30)14-9-21-64-47-40(60)39(59)38(58)36(27-56)66-47/h5-14,22,31-36,38-44,47,55-56,58-60H,15-21,23-27H2,1-4H3,(H,52,61)/t33-,34+,35+,36+,38-,39-,40+,41-,42-,43-,44+,47-,50-/m0/s1. The van der Waals surface area contributed by atoms with Crippen LogP contribution in [0.3, 0.4) is 0 Å². The van der Waals surface area contributed by atoms with E-state index in [0.29, 0.717) is 0 Å². The van der Waals surface area contributed by atoms with Crippen LogP contribution >= 0.6 is 0 Å². The fraction of sp³-hybridized carbons (Fsp3) is 0.647. The molecule has 19 nitrogen and oxygen atoms in total. The molecule has 0 aromatic heterocycles. The van der Waals surface area contributed by atoms with Crippen LogP contribution in [-0.2, 0) is 65.4 Å². The molecule has 0 unspecified atom stereocenters. The second-order valence-electron chi connectivity index (χ2n) is 21.0. The average molecular weight is 978 g/mol. The summed E-state index contributed by atoms with van der Waals surface area (Å²) in [5, 5.41) is 55.0. The molecular formula is C51H67N3O16. The smallest absolute Gasteiger partial charge is 0.327 e. The van der Waals surface area contributed by atoms with Gasteiger partial charge in [0.05, 0.1) is 32.4 Å². The number of aliphatic hydroxyl groups is 5. The molecule has 13 atom stereocenters. The largest absolute Gasteiger partial charge is 0.460 e. The fourth-order valence-electron chi connectivity index (χ4n) is 11.1. The van der Waals surface area contributed by atoms with E-state index in [-0.39, 0.29) is 50.7 Å². The second-order valence-corrected chi connectivity index (χ2v) is 21.0. The number of aliphatic hydroxyl groups excluding tert-OH is 5. The lowest BCUT2D eigenvalue weighted by molar-refractivity contribution is -0.298. The molecular weight excluding hydrogens is 911 g/mol. The van der Waals surface area contributed by atoms with E-state index in [1.165, 1.54) is 9.96 Å². The van der Waals surface area contributed by atoms with Crippen LogP contribution in [0.1, 0.15) is 82.4 Å². The number of nitrogens with one attached hydrogen (secondary N) is 1. The topological polar surface area (TPSA) is 253 Å². The van der Waals surface area contributed by atoms with E-state index in [2.05, 4.69) is 5.32 Å². The maximum absolute atomic E-state index is 15.9. The highest BCUT2D eigenvalue weighted by Crippen LogP contribution is 2.64. The average Bonchev–Trinajstić information content (AvgIpc) is 4.29. The number of likely N-dealkylation sites (N-methyl/N-ethyl adjacent to an activating group) is 1. The molecule has 3 saturated carbocycles. The van der Waals surface area contributed by atoms with E-state index in [9.17, 15) is 39.9 Å². The zero-order valence-corrected chi connectivity index (χ0v) is 40.0. The van der Waals surface area contributed by atoms with Crippen molar-refractivity contribution in [3.63, 3.8) is 0 Å². The zero-order chi connectivity index (χ0) is 49.7. The molecule has 2 aromatic rings. The van der Waals surface area contributed by atoms with Crippen molar-refractivity contribution in [2.75, 3.05) is 26.9 Å². The third kappa shape index (κ3) is 10.0. The van der Waals surface area contributed by atoms with Crippen LogP contribution in [0.5, 0.6) is 0 Å². The lowest BCUT2D eigenvalue weighted by atomic mass is 9.62. The van der Waals surface area contributed by atoms with Crippen LogP contribution in [0, 0.1) is 17.3 Å². The Labute approximate surface area is 406 Å². The van der Waals surface area contributed by atoms with E-state index in [1.54, 1.807) is 40.0 Å². The summed E-state index contributed by atoms with van der Waals surface area (Å²) in [7, 11) is 1.55. The molecule has 4 heterocycles. The quantitative estimate of drug-likeness (QED) is 0.109. The van der Waals surface area contributed by atoms with Crippen molar-refractivity contribution >= 4 is 29.8 Å². The number of hydrogen-bond donors (Lipinski definition) is 6. The van der Waals surface area contributed by atoms with Gasteiger partial charge in [0, 0.05) is 38.1 Å². The summed E-state index contributed by atoms with van der Waals surface area (Å²) >= 11 is 0. The van der Waals surface area contributed by atoms with Crippen molar-refractivity contribution in [1.82, 2.24) is 15.3 Å². The second kappa shape index (κ2) is 20.3. The monoisotopic (exact) mass is 977 g/mol. The van der Waals surface area contributed by atoms with Crippen molar-refractivity contribution < 1.29 is 78.0 Å². The number of esters is 2. The molecule has 2 aromatic carbocycles. The fourth-order valence-corrected chi connectivity index (χ4v) is 11.1. The Morgan fingerprint density at radius 2 is 1.64 bits per heavy atom. The Morgan fingerprint density at radius 3 is 2.31 bits per heavy atom. The number of rotatable bonds is 19. The number of hydrogen-bond acceptors (Lipinski definition) is 17. The zero-order valence-electron chi connectivity index (χ0n) is 40.0. The first-order valence-corrected chi connectivity index (χ1v) is 24.6. The number of carbonyl (C=O) groups excluding carboxylic acids is 4. The van der Waals surface area contributed by atoms with Gasteiger partial charge in [-0.05, 0) is 69.6 Å². The van der Waals surface area contributed by atoms with Crippen LogP contribution in [-0.4, -0.2) is 171 Å².